The number of esters is 1. The largest absolute Gasteiger partial charge is 0.456 e. The van der Waals surface area contributed by atoms with Crippen LogP contribution in [0.5, 0.6) is 0 Å². The molecule has 10 nitrogen and oxygen atoms in total. The molecular formula is C37H47N5O5. The second-order valence-electron chi connectivity index (χ2n) is 13.3. The van der Waals surface area contributed by atoms with Gasteiger partial charge in [-0.1, -0.05) is 82.1 Å². The number of aromatic nitrogens is 2. The molecule has 2 heterocycles. The Kier molecular flexibility index (Phi) is 11.0. The fraction of sp³-hybridized carbons (Fsp3) is 0.459. The van der Waals surface area contributed by atoms with E-state index in [-0.39, 0.29) is 42.1 Å². The Labute approximate surface area is 276 Å². The summed E-state index contributed by atoms with van der Waals surface area (Å²) in [6, 6.07) is 15.7. The minimum absolute atomic E-state index is 0.0612. The lowest BCUT2D eigenvalue weighted by molar-refractivity contribution is -0.124. The van der Waals surface area contributed by atoms with E-state index in [0.29, 0.717) is 24.5 Å². The zero-order valence-corrected chi connectivity index (χ0v) is 28.0. The lowest BCUT2D eigenvalue weighted by Crippen LogP contribution is -2.53. The third-order valence-corrected chi connectivity index (χ3v) is 8.84. The van der Waals surface area contributed by atoms with Crippen molar-refractivity contribution in [2.75, 3.05) is 0 Å². The van der Waals surface area contributed by atoms with Crippen molar-refractivity contribution in [2.24, 2.45) is 18.9 Å². The smallest absolute Gasteiger partial charge is 0.360 e. The van der Waals surface area contributed by atoms with Gasteiger partial charge in [0.05, 0.1) is 0 Å². The average Bonchev–Trinajstić information content (AvgIpc) is 3.58. The summed E-state index contributed by atoms with van der Waals surface area (Å²) in [5.41, 5.74) is 2.95. The zero-order chi connectivity index (χ0) is 33.5. The molecule has 1 unspecified atom stereocenters. The Morgan fingerprint density at radius 1 is 1.04 bits per heavy atom. The Bertz CT molecular complexity index is 1680. The fourth-order valence-corrected chi connectivity index (χ4v) is 6.48. The molecule has 3 N–H and O–H groups in total. The topological polar surface area (TPSA) is 127 Å². The number of nitrogens with one attached hydrogen (secondary N) is 3. The highest BCUT2D eigenvalue weighted by Crippen LogP contribution is 2.28. The number of urea groups is 1. The van der Waals surface area contributed by atoms with Gasteiger partial charge in [0.1, 0.15) is 24.5 Å². The zero-order valence-electron chi connectivity index (χ0n) is 28.0. The molecule has 5 rings (SSSR count). The van der Waals surface area contributed by atoms with Crippen LogP contribution < -0.4 is 16.0 Å². The number of nitrogens with zero attached hydrogens (tertiary/aromatic N) is 2. The van der Waals surface area contributed by atoms with Crippen molar-refractivity contribution in [2.45, 2.75) is 91.0 Å². The summed E-state index contributed by atoms with van der Waals surface area (Å²) in [5, 5.41) is 10.2. The quantitative estimate of drug-likeness (QED) is 0.151. The van der Waals surface area contributed by atoms with Gasteiger partial charge in [-0.3, -0.25) is 4.79 Å². The summed E-state index contributed by atoms with van der Waals surface area (Å²) in [6.07, 6.45) is 6.94. The van der Waals surface area contributed by atoms with Crippen LogP contribution in [0.3, 0.4) is 0 Å². The number of benzene rings is 2. The van der Waals surface area contributed by atoms with Crippen LogP contribution >= 0.6 is 0 Å². The van der Waals surface area contributed by atoms with E-state index in [9.17, 15) is 14.4 Å². The molecular weight excluding hydrogens is 594 g/mol. The van der Waals surface area contributed by atoms with E-state index in [1.54, 1.807) is 6.92 Å². The normalized spacial score (nSPS) is 17.7. The second kappa shape index (κ2) is 15.3. The van der Waals surface area contributed by atoms with E-state index in [4.69, 9.17) is 9.15 Å². The molecule has 1 aliphatic rings. The number of oxazole rings is 1. The molecule has 1 aliphatic carbocycles. The molecule has 1 fully saturated rings. The first-order valence-electron chi connectivity index (χ1n) is 16.7. The Morgan fingerprint density at radius 2 is 1.79 bits per heavy atom. The molecule has 0 aliphatic heterocycles. The van der Waals surface area contributed by atoms with Gasteiger partial charge in [0, 0.05) is 36.6 Å². The van der Waals surface area contributed by atoms with Crippen molar-refractivity contribution in [3.05, 3.63) is 89.3 Å². The van der Waals surface area contributed by atoms with Crippen molar-refractivity contribution in [1.29, 1.82) is 0 Å². The number of hydrogen-bond donors (Lipinski definition) is 3. The van der Waals surface area contributed by atoms with Crippen molar-refractivity contribution in [1.82, 2.24) is 25.5 Å². The molecule has 0 spiro atoms. The van der Waals surface area contributed by atoms with Crippen LogP contribution in [-0.4, -0.2) is 39.5 Å². The van der Waals surface area contributed by atoms with Crippen molar-refractivity contribution in [3.8, 4) is 0 Å². The highest BCUT2D eigenvalue weighted by molar-refractivity contribution is 5.89. The third kappa shape index (κ3) is 8.81. The molecule has 0 radical (unpaired) electrons. The molecule has 2 aromatic carbocycles. The van der Waals surface area contributed by atoms with Gasteiger partial charge < -0.3 is 29.7 Å². The Morgan fingerprint density at radius 3 is 2.53 bits per heavy atom. The number of hydrogen-bond acceptors (Lipinski definition) is 6. The number of para-hydroxylation sites is 1. The highest BCUT2D eigenvalue weighted by atomic mass is 16.5. The van der Waals surface area contributed by atoms with E-state index < -0.39 is 18.1 Å². The summed E-state index contributed by atoms with van der Waals surface area (Å²) >= 11 is 0. The molecule has 47 heavy (non-hydrogen) atoms. The van der Waals surface area contributed by atoms with Crippen LogP contribution in [0.2, 0.25) is 0 Å². The highest BCUT2D eigenvalue weighted by Gasteiger charge is 2.31. The average molecular weight is 642 g/mol. The number of fused-ring (bicyclic) bond motifs is 1. The molecule has 3 amide bonds. The van der Waals surface area contributed by atoms with E-state index in [1.807, 2.05) is 86.3 Å². The molecule has 10 heteroatoms. The van der Waals surface area contributed by atoms with Crippen LogP contribution in [0.25, 0.3) is 10.9 Å². The minimum atomic E-state index is -0.780. The predicted octanol–water partition coefficient (Wildman–Crippen LogP) is 6.52. The third-order valence-electron chi connectivity index (χ3n) is 8.84. The number of aryl methyl sites for hydroxylation is 2. The van der Waals surface area contributed by atoms with Gasteiger partial charge in [0.2, 0.25) is 11.8 Å². The summed E-state index contributed by atoms with van der Waals surface area (Å²) in [6.45, 7) is 7.99. The maximum Gasteiger partial charge on any atom is 0.360 e. The summed E-state index contributed by atoms with van der Waals surface area (Å²) in [5.74, 6) is 0.244. The van der Waals surface area contributed by atoms with Gasteiger partial charge >= 0.3 is 12.0 Å². The Balaban J connectivity index is 1.38. The van der Waals surface area contributed by atoms with E-state index in [1.165, 1.54) is 6.42 Å². The fourth-order valence-electron chi connectivity index (χ4n) is 6.48. The first kappa shape index (κ1) is 33.8. The molecule has 0 saturated heterocycles. The van der Waals surface area contributed by atoms with E-state index in [2.05, 4.69) is 27.9 Å². The van der Waals surface area contributed by atoms with Gasteiger partial charge in [-0.2, -0.15) is 0 Å². The monoisotopic (exact) mass is 641 g/mol. The number of carbonyl (C=O) groups is 3. The first-order valence-corrected chi connectivity index (χ1v) is 16.7. The Hall–Kier alpha value is -4.60. The van der Waals surface area contributed by atoms with Crippen molar-refractivity contribution < 1.29 is 23.5 Å². The van der Waals surface area contributed by atoms with Crippen LogP contribution in [-0.2, 0) is 29.6 Å². The van der Waals surface area contributed by atoms with Crippen molar-refractivity contribution in [3.63, 3.8) is 0 Å². The summed E-state index contributed by atoms with van der Waals surface area (Å²) in [4.78, 5) is 44.7. The molecule has 1 saturated carbocycles. The van der Waals surface area contributed by atoms with Crippen LogP contribution in [0, 0.1) is 18.8 Å². The predicted molar refractivity (Wildman–Crippen MR) is 181 cm³/mol. The molecule has 0 bridgehead atoms. The van der Waals surface area contributed by atoms with Gasteiger partial charge in [0.25, 0.3) is 0 Å². The lowest BCUT2D eigenvalue weighted by atomic mass is 9.87. The molecule has 250 valence electrons. The van der Waals surface area contributed by atoms with Crippen molar-refractivity contribution >= 4 is 28.8 Å². The molecule has 4 aromatic rings. The standard InChI is InChI=1S/C37H47N5O5/c1-23(2)18-30(40-37(45)38-28-15-11-12-24(3)19-28)34(43)39-31(20-27-21-42(5)32-17-10-9-16-29(27)32)35-41-33(25(4)47-35)36(44)46-22-26-13-7-6-8-14-26/h6-10,13-14,16-17,21,23-24,28,30-31H,11-12,15,18-20,22H2,1-5H3,(H,39,43)(H2,38,40,45)/t24?,28-,30-,31+/m0/s1. The van der Waals surface area contributed by atoms with Gasteiger partial charge in [0.15, 0.2) is 5.69 Å². The van der Waals surface area contributed by atoms with Crippen LogP contribution in [0.4, 0.5) is 4.79 Å². The second-order valence-corrected chi connectivity index (χ2v) is 13.3. The number of amides is 3. The van der Waals surface area contributed by atoms with Gasteiger partial charge in [-0.15, -0.1) is 0 Å². The number of carbonyl (C=O) groups excluding carboxylic acids is 3. The minimum Gasteiger partial charge on any atom is -0.456 e. The van der Waals surface area contributed by atoms with Crippen LogP contribution in [0.15, 0.2) is 65.2 Å². The lowest BCUT2D eigenvalue weighted by Gasteiger charge is -2.29. The molecule has 4 atom stereocenters. The maximum absolute atomic E-state index is 14.0. The van der Waals surface area contributed by atoms with Gasteiger partial charge in [-0.05, 0) is 55.2 Å². The van der Waals surface area contributed by atoms with E-state index in [0.717, 1.165) is 41.3 Å². The van der Waals surface area contributed by atoms with Gasteiger partial charge in [-0.25, -0.2) is 14.6 Å². The maximum atomic E-state index is 14.0. The number of rotatable bonds is 12. The first-order chi connectivity index (χ1) is 22.6. The van der Waals surface area contributed by atoms with E-state index >= 15 is 0 Å². The SMILES string of the molecule is Cc1oc([C@@H](Cc2cn(C)c3ccccc23)NC(=O)[C@H](CC(C)C)NC(=O)N[C@H]2CCCC(C)C2)nc1C(=O)OCc1ccccc1. The molecule has 2 aromatic heterocycles. The number of ether oxygens (including phenoxy) is 1. The summed E-state index contributed by atoms with van der Waals surface area (Å²) in [7, 11) is 1.98. The van der Waals surface area contributed by atoms with Crippen LogP contribution in [0.1, 0.15) is 92.2 Å². The summed E-state index contributed by atoms with van der Waals surface area (Å²) < 4.78 is 13.6.